The van der Waals surface area contributed by atoms with Gasteiger partial charge in [0.1, 0.15) is 11.5 Å². The van der Waals surface area contributed by atoms with E-state index in [9.17, 15) is 9.90 Å². The molecule has 0 saturated heterocycles. The van der Waals surface area contributed by atoms with Gasteiger partial charge < -0.3 is 14.6 Å². The monoisotopic (exact) mass is 271 g/mol. The molecule has 0 bridgehead atoms. The Morgan fingerprint density at radius 2 is 2.10 bits per heavy atom. The summed E-state index contributed by atoms with van der Waals surface area (Å²) in [6.45, 7) is 0. The lowest BCUT2D eigenvalue weighted by Crippen LogP contribution is -2.19. The maximum absolute atomic E-state index is 11.9. The van der Waals surface area contributed by atoms with Crippen LogP contribution in [0.1, 0.15) is 12.0 Å². The molecule has 102 valence electrons. The van der Waals surface area contributed by atoms with Gasteiger partial charge in [-0.1, -0.05) is 6.08 Å². The molecule has 2 rings (SSSR count). The molecule has 1 N–H and O–H groups in total. The van der Waals surface area contributed by atoms with Gasteiger partial charge in [-0.25, -0.2) is 4.79 Å². The highest BCUT2D eigenvalue weighted by Gasteiger charge is 2.21. The predicted octanol–water partition coefficient (Wildman–Crippen LogP) is 2.25. The van der Waals surface area contributed by atoms with Crippen LogP contribution < -0.4 is 4.74 Å². The normalized spacial score (nSPS) is 17.7. The third kappa shape index (κ3) is 3.05. The van der Waals surface area contributed by atoms with Gasteiger partial charge in [0.05, 0.1) is 23.3 Å². The standard InChI is InChI=1S/C15H13NO4/c1-19-12-6-7-13(14(17)8-12)15(18)20-11-4-2-10(9-16)3-5-11/h2-7,12,17H,8H2,1H3. The number of benzene rings is 1. The molecule has 0 radical (unpaired) electrons. The van der Waals surface area contributed by atoms with Crippen LogP contribution in [0.25, 0.3) is 0 Å². The lowest BCUT2D eigenvalue weighted by atomic mass is 10.0. The topological polar surface area (TPSA) is 79.5 Å². The van der Waals surface area contributed by atoms with Crippen molar-refractivity contribution in [2.75, 3.05) is 7.11 Å². The Morgan fingerprint density at radius 3 is 2.65 bits per heavy atom. The molecule has 5 heteroatoms. The predicted molar refractivity (Wildman–Crippen MR) is 71.0 cm³/mol. The molecule has 1 unspecified atom stereocenters. The maximum atomic E-state index is 11.9. The van der Waals surface area contributed by atoms with Crippen LogP contribution in [0.4, 0.5) is 0 Å². The highest BCUT2D eigenvalue weighted by Crippen LogP contribution is 2.21. The first-order valence-corrected chi connectivity index (χ1v) is 5.99. The molecule has 1 atom stereocenters. The van der Waals surface area contributed by atoms with E-state index in [0.717, 1.165) is 0 Å². The van der Waals surface area contributed by atoms with Gasteiger partial charge in [-0.2, -0.15) is 5.26 Å². The lowest BCUT2D eigenvalue weighted by molar-refractivity contribution is -0.130. The number of aliphatic hydroxyl groups excluding tert-OH is 1. The molecule has 1 aromatic rings. The second kappa shape index (κ2) is 6.04. The number of aliphatic hydroxyl groups is 1. The van der Waals surface area contributed by atoms with Crippen LogP contribution in [-0.2, 0) is 9.53 Å². The number of carbonyl (C=O) groups is 1. The molecule has 0 amide bonds. The Hall–Kier alpha value is -2.58. The van der Waals surface area contributed by atoms with E-state index in [1.807, 2.05) is 6.07 Å². The number of esters is 1. The zero-order valence-electron chi connectivity index (χ0n) is 10.9. The second-order valence-corrected chi connectivity index (χ2v) is 4.22. The van der Waals surface area contributed by atoms with Gasteiger partial charge in [0.2, 0.25) is 0 Å². The van der Waals surface area contributed by atoms with Crippen molar-refractivity contribution in [2.24, 2.45) is 0 Å². The van der Waals surface area contributed by atoms with Gasteiger partial charge in [0, 0.05) is 13.5 Å². The Balaban J connectivity index is 2.09. The van der Waals surface area contributed by atoms with Crippen molar-refractivity contribution in [3.63, 3.8) is 0 Å². The molecule has 1 aliphatic carbocycles. The van der Waals surface area contributed by atoms with Crippen LogP contribution in [0.2, 0.25) is 0 Å². The molecular weight excluding hydrogens is 258 g/mol. The van der Waals surface area contributed by atoms with Crippen molar-refractivity contribution >= 4 is 5.97 Å². The minimum atomic E-state index is -0.641. The molecule has 1 aromatic carbocycles. The van der Waals surface area contributed by atoms with E-state index in [2.05, 4.69) is 0 Å². The first-order valence-electron chi connectivity index (χ1n) is 5.99. The summed E-state index contributed by atoms with van der Waals surface area (Å²) in [5.74, 6) is -0.382. The zero-order valence-corrected chi connectivity index (χ0v) is 10.9. The maximum Gasteiger partial charge on any atom is 0.346 e. The first kappa shape index (κ1) is 13.8. The van der Waals surface area contributed by atoms with Crippen molar-refractivity contribution in [1.29, 1.82) is 5.26 Å². The fourth-order valence-electron chi connectivity index (χ4n) is 1.78. The van der Waals surface area contributed by atoms with Crippen molar-refractivity contribution < 1.29 is 19.4 Å². The summed E-state index contributed by atoms with van der Waals surface area (Å²) in [4.78, 5) is 11.9. The minimum absolute atomic E-state index is 0.0574. The molecule has 20 heavy (non-hydrogen) atoms. The summed E-state index contributed by atoms with van der Waals surface area (Å²) in [5, 5.41) is 18.5. The van der Waals surface area contributed by atoms with Crippen molar-refractivity contribution in [1.82, 2.24) is 0 Å². The van der Waals surface area contributed by atoms with Crippen molar-refractivity contribution in [3.8, 4) is 11.8 Å². The van der Waals surface area contributed by atoms with E-state index in [1.54, 1.807) is 18.2 Å². The average molecular weight is 271 g/mol. The summed E-state index contributed by atoms with van der Waals surface area (Å²) in [5.41, 5.74) is 0.593. The highest BCUT2D eigenvalue weighted by atomic mass is 16.5. The zero-order chi connectivity index (χ0) is 14.5. The largest absolute Gasteiger partial charge is 0.511 e. The second-order valence-electron chi connectivity index (χ2n) is 4.22. The van der Waals surface area contributed by atoms with Crippen molar-refractivity contribution in [3.05, 3.63) is 53.3 Å². The first-order chi connectivity index (χ1) is 9.63. The Kier molecular flexibility index (Phi) is 4.18. The van der Waals surface area contributed by atoms with Gasteiger partial charge in [0.15, 0.2) is 0 Å². The van der Waals surface area contributed by atoms with Gasteiger partial charge in [-0.3, -0.25) is 0 Å². The molecule has 0 heterocycles. The molecule has 0 fully saturated rings. The average Bonchev–Trinajstić information content (AvgIpc) is 2.47. The number of nitriles is 1. The van der Waals surface area contributed by atoms with Crippen LogP contribution in [0.3, 0.4) is 0 Å². The van der Waals surface area contributed by atoms with Crippen LogP contribution in [0.5, 0.6) is 5.75 Å². The van der Waals surface area contributed by atoms with Crippen LogP contribution in [0, 0.1) is 11.3 Å². The molecule has 1 aliphatic rings. The molecule has 0 saturated carbocycles. The summed E-state index contributed by atoms with van der Waals surface area (Å²) < 4.78 is 10.2. The van der Waals surface area contributed by atoms with E-state index >= 15 is 0 Å². The number of hydrogen-bond donors (Lipinski definition) is 1. The Morgan fingerprint density at radius 1 is 1.40 bits per heavy atom. The number of nitrogens with zero attached hydrogens (tertiary/aromatic N) is 1. The summed E-state index contributed by atoms with van der Waals surface area (Å²) >= 11 is 0. The molecule has 0 aliphatic heterocycles. The summed E-state index contributed by atoms with van der Waals surface area (Å²) in [7, 11) is 1.53. The molecular formula is C15H13NO4. The summed E-state index contributed by atoms with van der Waals surface area (Å²) in [6, 6.07) is 8.13. The number of hydrogen-bond acceptors (Lipinski definition) is 5. The SMILES string of the molecule is COC1C=CC(C(=O)Oc2ccc(C#N)cc2)=C(O)C1. The van der Waals surface area contributed by atoms with Crippen LogP contribution >= 0.6 is 0 Å². The number of carbonyl (C=O) groups excluding carboxylic acids is 1. The number of methoxy groups -OCH3 is 1. The Labute approximate surface area is 116 Å². The fraction of sp³-hybridized carbons (Fsp3) is 0.200. The van der Waals surface area contributed by atoms with Gasteiger partial charge in [0.25, 0.3) is 0 Å². The van der Waals surface area contributed by atoms with E-state index in [0.29, 0.717) is 11.3 Å². The Bertz CT molecular complexity index is 608. The van der Waals surface area contributed by atoms with Gasteiger partial charge >= 0.3 is 5.97 Å². The van der Waals surface area contributed by atoms with Gasteiger partial charge in [-0.05, 0) is 30.3 Å². The van der Waals surface area contributed by atoms with Crippen molar-refractivity contribution in [2.45, 2.75) is 12.5 Å². The third-order valence-electron chi connectivity index (χ3n) is 2.90. The molecule has 0 aromatic heterocycles. The smallest absolute Gasteiger partial charge is 0.346 e. The van der Waals surface area contributed by atoms with E-state index in [4.69, 9.17) is 14.7 Å². The quantitative estimate of drug-likeness (QED) is 0.673. The number of rotatable bonds is 3. The van der Waals surface area contributed by atoms with Gasteiger partial charge in [-0.15, -0.1) is 0 Å². The van der Waals surface area contributed by atoms with E-state index < -0.39 is 5.97 Å². The third-order valence-corrected chi connectivity index (χ3v) is 2.90. The number of ether oxygens (including phenoxy) is 2. The summed E-state index contributed by atoms with van der Waals surface area (Å²) in [6.07, 6.45) is 3.18. The fourth-order valence-corrected chi connectivity index (χ4v) is 1.78. The minimum Gasteiger partial charge on any atom is -0.511 e. The highest BCUT2D eigenvalue weighted by molar-refractivity contribution is 5.94. The molecule has 0 spiro atoms. The van der Waals surface area contributed by atoms with Crippen LogP contribution in [0.15, 0.2) is 47.7 Å². The van der Waals surface area contributed by atoms with E-state index in [-0.39, 0.29) is 23.9 Å². The molecule has 5 nitrogen and oxygen atoms in total. The van der Waals surface area contributed by atoms with E-state index in [1.165, 1.54) is 25.3 Å². The van der Waals surface area contributed by atoms with Crippen LogP contribution in [-0.4, -0.2) is 24.3 Å². The lowest BCUT2D eigenvalue weighted by Gasteiger charge is -2.17.